The Bertz CT molecular complexity index is 877. The van der Waals surface area contributed by atoms with Crippen LogP contribution in [0.2, 0.25) is 0 Å². The summed E-state index contributed by atoms with van der Waals surface area (Å²) in [5.41, 5.74) is 0.333. The highest BCUT2D eigenvalue weighted by atomic mass is 19.1. The zero-order valence-electron chi connectivity index (χ0n) is 15.0. The van der Waals surface area contributed by atoms with E-state index in [1.165, 1.54) is 18.2 Å². The standard InChI is InChI=1S/C20H20FN3O4/c21-15-6-2-3-7-16(15)24-19(26)12-28-17-8-4-1-5-14(17)20(27)23-13-9-10-18(25)22-11-13/h1-8,13H,9-12H2,(H,22,25)(H,23,27)(H,24,26)/t13-/m0/s1. The predicted molar refractivity (Wildman–Crippen MR) is 100 cm³/mol. The molecule has 3 amide bonds. The fourth-order valence-electron chi connectivity index (χ4n) is 2.79. The Hall–Kier alpha value is -3.42. The van der Waals surface area contributed by atoms with Gasteiger partial charge in [-0.25, -0.2) is 4.39 Å². The Morgan fingerprint density at radius 3 is 2.64 bits per heavy atom. The third-order valence-electron chi connectivity index (χ3n) is 4.24. The molecule has 146 valence electrons. The highest BCUT2D eigenvalue weighted by Crippen LogP contribution is 2.19. The molecule has 2 aromatic carbocycles. The summed E-state index contributed by atoms with van der Waals surface area (Å²) in [6, 6.07) is 12.2. The molecular weight excluding hydrogens is 365 g/mol. The first-order valence-electron chi connectivity index (χ1n) is 8.86. The summed E-state index contributed by atoms with van der Waals surface area (Å²) in [5, 5.41) is 7.97. The molecule has 8 heteroatoms. The monoisotopic (exact) mass is 385 g/mol. The van der Waals surface area contributed by atoms with Gasteiger partial charge in [0.1, 0.15) is 11.6 Å². The number of nitrogens with one attached hydrogen (secondary N) is 3. The molecule has 1 fully saturated rings. The van der Waals surface area contributed by atoms with E-state index in [4.69, 9.17) is 4.74 Å². The van der Waals surface area contributed by atoms with Crippen molar-refractivity contribution in [2.45, 2.75) is 18.9 Å². The van der Waals surface area contributed by atoms with Crippen LogP contribution < -0.4 is 20.7 Å². The van der Waals surface area contributed by atoms with Crippen molar-refractivity contribution >= 4 is 23.4 Å². The Morgan fingerprint density at radius 2 is 1.89 bits per heavy atom. The minimum atomic E-state index is -0.546. The van der Waals surface area contributed by atoms with Crippen LogP contribution in [0.4, 0.5) is 10.1 Å². The van der Waals surface area contributed by atoms with Crippen molar-refractivity contribution in [1.82, 2.24) is 10.6 Å². The van der Waals surface area contributed by atoms with Gasteiger partial charge in [0.2, 0.25) is 5.91 Å². The number of piperidine rings is 1. The fraction of sp³-hybridized carbons (Fsp3) is 0.250. The lowest BCUT2D eigenvalue weighted by Gasteiger charge is -2.23. The molecule has 0 bridgehead atoms. The average Bonchev–Trinajstić information content (AvgIpc) is 2.70. The molecule has 1 aliphatic rings. The maximum Gasteiger partial charge on any atom is 0.262 e. The molecule has 0 spiro atoms. The van der Waals surface area contributed by atoms with Crippen molar-refractivity contribution in [3.8, 4) is 5.75 Å². The molecular formula is C20H20FN3O4. The van der Waals surface area contributed by atoms with E-state index in [0.29, 0.717) is 19.4 Å². The van der Waals surface area contributed by atoms with Crippen LogP contribution in [-0.4, -0.2) is 36.9 Å². The molecule has 1 heterocycles. The van der Waals surface area contributed by atoms with Gasteiger partial charge in [0.15, 0.2) is 6.61 Å². The second-order valence-electron chi connectivity index (χ2n) is 6.33. The van der Waals surface area contributed by atoms with E-state index in [9.17, 15) is 18.8 Å². The molecule has 7 nitrogen and oxygen atoms in total. The summed E-state index contributed by atoms with van der Waals surface area (Å²) in [7, 11) is 0. The first kappa shape index (κ1) is 19.3. The van der Waals surface area contributed by atoms with Crippen molar-refractivity contribution in [1.29, 1.82) is 0 Å². The van der Waals surface area contributed by atoms with E-state index in [2.05, 4.69) is 16.0 Å². The van der Waals surface area contributed by atoms with Gasteiger partial charge in [0, 0.05) is 19.0 Å². The molecule has 0 unspecified atom stereocenters. The van der Waals surface area contributed by atoms with Crippen LogP contribution in [0.3, 0.4) is 0 Å². The van der Waals surface area contributed by atoms with Crippen molar-refractivity contribution in [3.63, 3.8) is 0 Å². The molecule has 1 atom stereocenters. The summed E-state index contributed by atoms with van der Waals surface area (Å²) in [4.78, 5) is 35.8. The third kappa shape index (κ3) is 5.06. The zero-order valence-corrected chi connectivity index (χ0v) is 15.0. The lowest BCUT2D eigenvalue weighted by molar-refractivity contribution is -0.122. The summed E-state index contributed by atoms with van der Waals surface area (Å²) in [5.74, 6) is -1.24. The normalized spacial score (nSPS) is 16.0. The second-order valence-corrected chi connectivity index (χ2v) is 6.33. The van der Waals surface area contributed by atoms with Gasteiger partial charge in [0.05, 0.1) is 11.3 Å². The Balaban J connectivity index is 1.59. The summed E-state index contributed by atoms with van der Waals surface area (Å²) >= 11 is 0. The van der Waals surface area contributed by atoms with Crippen LogP contribution in [0.1, 0.15) is 23.2 Å². The molecule has 1 aliphatic heterocycles. The van der Waals surface area contributed by atoms with Gasteiger partial charge in [-0.15, -0.1) is 0 Å². The number of hydrogen-bond donors (Lipinski definition) is 3. The number of benzene rings is 2. The maximum absolute atomic E-state index is 13.6. The van der Waals surface area contributed by atoms with E-state index in [1.807, 2.05) is 0 Å². The van der Waals surface area contributed by atoms with Crippen LogP contribution in [0.5, 0.6) is 5.75 Å². The minimum absolute atomic E-state index is 0.0323. The lowest BCUT2D eigenvalue weighted by atomic mass is 10.1. The Labute approximate surface area is 161 Å². The van der Waals surface area contributed by atoms with Gasteiger partial charge in [-0.1, -0.05) is 24.3 Å². The van der Waals surface area contributed by atoms with E-state index in [1.54, 1.807) is 30.3 Å². The largest absolute Gasteiger partial charge is 0.483 e. The van der Waals surface area contributed by atoms with Gasteiger partial charge in [-0.2, -0.15) is 0 Å². The summed E-state index contributed by atoms with van der Waals surface area (Å²) in [6.07, 6.45) is 0.922. The number of halogens is 1. The van der Waals surface area contributed by atoms with E-state index in [-0.39, 0.29) is 41.5 Å². The molecule has 0 radical (unpaired) electrons. The maximum atomic E-state index is 13.6. The van der Waals surface area contributed by atoms with E-state index in [0.717, 1.165) is 0 Å². The summed E-state index contributed by atoms with van der Waals surface area (Å²) in [6.45, 7) is -0.00322. The number of anilines is 1. The van der Waals surface area contributed by atoms with Gasteiger partial charge >= 0.3 is 0 Å². The average molecular weight is 385 g/mol. The van der Waals surface area contributed by atoms with Crippen LogP contribution in [-0.2, 0) is 9.59 Å². The molecule has 1 saturated heterocycles. The van der Waals surface area contributed by atoms with Crippen LogP contribution >= 0.6 is 0 Å². The van der Waals surface area contributed by atoms with Crippen molar-refractivity contribution in [3.05, 3.63) is 59.9 Å². The van der Waals surface area contributed by atoms with Gasteiger partial charge < -0.3 is 20.7 Å². The first-order chi connectivity index (χ1) is 13.5. The molecule has 3 rings (SSSR count). The van der Waals surface area contributed by atoms with Gasteiger partial charge in [-0.05, 0) is 30.7 Å². The molecule has 3 N–H and O–H groups in total. The van der Waals surface area contributed by atoms with Crippen molar-refractivity contribution in [2.24, 2.45) is 0 Å². The van der Waals surface area contributed by atoms with E-state index >= 15 is 0 Å². The van der Waals surface area contributed by atoms with Crippen LogP contribution in [0, 0.1) is 5.82 Å². The summed E-state index contributed by atoms with van der Waals surface area (Å²) < 4.78 is 19.1. The van der Waals surface area contributed by atoms with Crippen molar-refractivity contribution < 1.29 is 23.5 Å². The highest BCUT2D eigenvalue weighted by Gasteiger charge is 2.22. The number of rotatable bonds is 6. The predicted octanol–water partition coefficient (Wildman–Crippen LogP) is 1.85. The minimum Gasteiger partial charge on any atom is -0.483 e. The van der Waals surface area contributed by atoms with Gasteiger partial charge in [-0.3, -0.25) is 14.4 Å². The number of hydrogen-bond acceptors (Lipinski definition) is 4. The Morgan fingerprint density at radius 1 is 1.14 bits per heavy atom. The van der Waals surface area contributed by atoms with E-state index < -0.39 is 11.7 Å². The number of para-hydroxylation sites is 2. The van der Waals surface area contributed by atoms with Gasteiger partial charge in [0.25, 0.3) is 11.8 Å². The molecule has 0 aromatic heterocycles. The quantitative estimate of drug-likeness (QED) is 0.707. The topological polar surface area (TPSA) is 96.5 Å². The lowest BCUT2D eigenvalue weighted by Crippen LogP contribution is -2.47. The molecule has 0 aliphatic carbocycles. The highest BCUT2D eigenvalue weighted by molar-refractivity contribution is 5.97. The fourth-order valence-corrected chi connectivity index (χ4v) is 2.79. The van der Waals surface area contributed by atoms with Crippen LogP contribution in [0.25, 0.3) is 0 Å². The first-order valence-corrected chi connectivity index (χ1v) is 8.86. The third-order valence-corrected chi connectivity index (χ3v) is 4.24. The Kier molecular flexibility index (Phi) is 6.21. The molecule has 2 aromatic rings. The van der Waals surface area contributed by atoms with Crippen molar-refractivity contribution in [2.75, 3.05) is 18.5 Å². The number of ether oxygens (including phenoxy) is 1. The SMILES string of the molecule is O=C1CC[C@H](NC(=O)c2ccccc2OCC(=O)Nc2ccccc2F)CN1. The van der Waals surface area contributed by atoms with Crippen LogP contribution in [0.15, 0.2) is 48.5 Å². The second kappa shape index (κ2) is 8.98. The number of carbonyl (C=O) groups excluding carboxylic acids is 3. The number of carbonyl (C=O) groups is 3. The number of amides is 3. The molecule has 28 heavy (non-hydrogen) atoms. The zero-order chi connectivity index (χ0) is 19.9. The smallest absolute Gasteiger partial charge is 0.262 e. The molecule has 0 saturated carbocycles.